The van der Waals surface area contributed by atoms with Crippen LogP contribution in [0.4, 0.5) is 0 Å². The molecule has 0 aromatic rings. The number of allylic oxidation sites excluding steroid dienone is 1. The highest BCUT2D eigenvalue weighted by atomic mass is 16.1. The molecule has 1 amide bonds. The minimum atomic E-state index is -0.185. The zero-order chi connectivity index (χ0) is 8.15. The summed E-state index contributed by atoms with van der Waals surface area (Å²) in [5.74, 6) is 0.301. The standard InChI is InChI=1S/C6H9NO.C2H6.H2/c1-2-4-3-5(4)6(7)8;1-2;/h2,4-5H,1,3H2,(H2,7,8);1-2H3;1H/t4-,5+;;/m1../s1. The van der Waals surface area contributed by atoms with E-state index in [0.29, 0.717) is 5.92 Å². The van der Waals surface area contributed by atoms with E-state index in [1.165, 1.54) is 0 Å². The second kappa shape index (κ2) is 4.09. The van der Waals surface area contributed by atoms with Crippen molar-refractivity contribution in [3.05, 3.63) is 12.7 Å². The normalized spacial score (nSPS) is 27.8. The average molecular weight is 143 g/mol. The third-order valence-electron chi connectivity index (χ3n) is 1.51. The van der Waals surface area contributed by atoms with Gasteiger partial charge in [0.1, 0.15) is 0 Å². The van der Waals surface area contributed by atoms with Gasteiger partial charge in [-0.05, 0) is 12.3 Å². The quantitative estimate of drug-likeness (QED) is 0.586. The van der Waals surface area contributed by atoms with Gasteiger partial charge in [0.2, 0.25) is 5.91 Å². The molecule has 1 rings (SSSR count). The van der Waals surface area contributed by atoms with Crippen LogP contribution >= 0.6 is 0 Å². The van der Waals surface area contributed by atoms with E-state index in [2.05, 4.69) is 6.58 Å². The number of rotatable bonds is 2. The van der Waals surface area contributed by atoms with E-state index >= 15 is 0 Å². The van der Waals surface area contributed by atoms with Gasteiger partial charge in [-0.15, -0.1) is 6.58 Å². The molecule has 2 heteroatoms. The predicted molar refractivity (Wildman–Crippen MR) is 44.5 cm³/mol. The molecule has 0 aromatic heterocycles. The highest BCUT2D eigenvalue weighted by molar-refractivity contribution is 5.80. The molecular formula is C8H17NO. The Morgan fingerprint density at radius 1 is 1.80 bits per heavy atom. The van der Waals surface area contributed by atoms with Gasteiger partial charge in [0.15, 0.2) is 0 Å². The summed E-state index contributed by atoms with van der Waals surface area (Å²) >= 11 is 0. The summed E-state index contributed by atoms with van der Waals surface area (Å²) in [5.41, 5.74) is 4.98. The van der Waals surface area contributed by atoms with Crippen LogP contribution in [0, 0.1) is 11.8 Å². The predicted octanol–water partition coefficient (Wildman–Crippen LogP) is 1.57. The topological polar surface area (TPSA) is 43.1 Å². The zero-order valence-corrected chi connectivity index (χ0v) is 6.63. The summed E-state index contributed by atoms with van der Waals surface area (Å²) in [6, 6.07) is 0. The fourth-order valence-electron chi connectivity index (χ4n) is 0.802. The van der Waals surface area contributed by atoms with E-state index in [4.69, 9.17) is 5.73 Å². The van der Waals surface area contributed by atoms with Crippen molar-refractivity contribution in [1.29, 1.82) is 0 Å². The maximum absolute atomic E-state index is 10.3. The summed E-state index contributed by atoms with van der Waals surface area (Å²) in [6.07, 6.45) is 2.70. The maximum atomic E-state index is 10.3. The molecule has 1 fully saturated rings. The largest absolute Gasteiger partial charge is 0.369 e. The van der Waals surface area contributed by atoms with Crippen molar-refractivity contribution in [2.45, 2.75) is 20.3 Å². The van der Waals surface area contributed by atoms with Crippen molar-refractivity contribution in [1.82, 2.24) is 0 Å². The SMILES string of the molecule is C=C[C@@H]1C[C@@H]1C(N)=O.CC.[HH]. The lowest BCUT2D eigenvalue weighted by molar-refractivity contribution is -0.119. The molecular weight excluding hydrogens is 126 g/mol. The minimum absolute atomic E-state index is 0. The number of hydrogen-bond acceptors (Lipinski definition) is 1. The molecule has 1 saturated carbocycles. The fraction of sp³-hybridized carbons (Fsp3) is 0.625. The zero-order valence-electron chi connectivity index (χ0n) is 6.63. The van der Waals surface area contributed by atoms with Crippen LogP contribution in [0.15, 0.2) is 12.7 Å². The van der Waals surface area contributed by atoms with Gasteiger partial charge in [0.05, 0.1) is 0 Å². The Morgan fingerprint density at radius 2 is 2.30 bits per heavy atom. The molecule has 0 unspecified atom stereocenters. The van der Waals surface area contributed by atoms with Crippen LogP contribution in [-0.2, 0) is 4.79 Å². The molecule has 1 aliphatic rings. The van der Waals surface area contributed by atoms with Crippen molar-refractivity contribution >= 4 is 5.91 Å². The molecule has 1 aliphatic carbocycles. The number of nitrogens with two attached hydrogens (primary N) is 1. The van der Waals surface area contributed by atoms with Crippen LogP contribution in [0.5, 0.6) is 0 Å². The number of carbonyl (C=O) groups excluding carboxylic acids is 1. The fourth-order valence-corrected chi connectivity index (χ4v) is 0.802. The third-order valence-corrected chi connectivity index (χ3v) is 1.51. The third kappa shape index (κ3) is 2.21. The summed E-state index contributed by atoms with van der Waals surface area (Å²) in [6.45, 7) is 7.55. The maximum Gasteiger partial charge on any atom is 0.221 e. The molecule has 60 valence electrons. The number of hydrogen-bond donors (Lipinski definition) is 1. The molecule has 0 aliphatic heterocycles. The molecule has 0 saturated heterocycles. The monoisotopic (exact) mass is 143 g/mol. The van der Waals surface area contributed by atoms with E-state index in [0.717, 1.165) is 6.42 Å². The smallest absolute Gasteiger partial charge is 0.221 e. The van der Waals surface area contributed by atoms with Gasteiger partial charge in [0.25, 0.3) is 0 Å². The molecule has 10 heavy (non-hydrogen) atoms. The first-order valence-electron chi connectivity index (χ1n) is 3.67. The van der Waals surface area contributed by atoms with E-state index in [1.807, 2.05) is 13.8 Å². The molecule has 2 N–H and O–H groups in total. The Kier molecular flexibility index (Phi) is 3.77. The summed E-state index contributed by atoms with van der Waals surface area (Å²) in [5, 5.41) is 0. The molecule has 0 aromatic carbocycles. The van der Waals surface area contributed by atoms with E-state index < -0.39 is 0 Å². The van der Waals surface area contributed by atoms with Gasteiger partial charge in [0, 0.05) is 7.34 Å². The molecule has 2 nitrogen and oxygen atoms in total. The Bertz CT molecular complexity index is 136. The van der Waals surface area contributed by atoms with Crippen LogP contribution in [0.1, 0.15) is 21.7 Å². The molecule has 0 heterocycles. The minimum Gasteiger partial charge on any atom is -0.369 e. The first-order chi connectivity index (χ1) is 4.75. The molecule has 0 bridgehead atoms. The van der Waals surface area contributed by atoms with Crippen molar-refractivity contribution < 1.29 is 6.22 Å². The average Bonchev–Trinajstić information content (AvgIpc) is 2.70. The highest BCUT2D eigenvalue weighted by Gasteiger charge is 2.38. The summed E-state index contributed by atoms with van der Waals surface area (Å²) < 4.78 is 0. The van der Waals surface area contributed by atoms with Gasteiger partial charge >= 0.3 is 0 Å². The highest BCUT2D eigenvalue weighted by Crippen LogP contribution is 2.38. The van der Waals surface area contributed by atoms with Crippen LogP contribution in [0.3, 0.4) is 0 Å². The second-order valence-electron chi connectivity index (χ2n) is 2.14. The Hall–Kier alpha value is -0.790. The summed E-state index contributed by atoms with van der Waals surface area (Å²) in [4.78, 5) is 10.3. The van der Waals surface area contributed by atoms with Crippen molar-refractivity contribution in [3.8, 4) is 0 Å². The number of carbonyl (C=O) groups is 1. The van der Waals surface area contributed by atoms with Gasteiger partial charge in [-0.1, -0.05) is 19.9 Å². The Labute approximate surface area is 63.6 Å². The molecule has 0 spiro atoms. The lowest BCUT2D eigenvalue weighted by Gasteiger charge is -1.82. The van der Waals surface area contributed by atoms with Gasteiger partial charge in [-0.3, -0.25) is 4.79 Å². The molecule has 2 atom stereocenters. The van der Waals surface area contributed by atoms with Gasteiger partial charge in [-0.2, -0.15) is 0 Å². The van der Waals surface area contributed by atoms with Crippen LogP contribution in [0.2, 0.25) is 0 Å². The van der Waals surface area contributed by atoms with Crippen LogP contribution in [0.25, 0.3) is 0 Å². The van der Waals surface area contributed by atoms with Crippen molar-refractivity contribution in [2.24, 2.45) is 17.6 Å². The van der Waals surface area contributed by atoms with E-state index in [1.54, 1.807) is 6.08 Å². The first kappa shape index (κ1) is 9.21. The summed E-state index contributed by atoms with van der Waals surface area (Å²) in [7, 11) is 0. The number of primary amides is 1. The second-order valence-corrected chi connectivity index (χ2v) is 2.14. The van der Waals surface area contributed by atoms with Crippen LogP contribution < -0.4 is 5.73 Å². The lowest BCUT2D eigenvalue weighted by atomic mass is 10.3. The lowest BCUT2D eigenvalue weighted by Crippen LogP contribution is -2.13. The van der Waals surface area contributed by atoms with Crippen LogP contribution in [-0.4, -0.2) is 5.91 Å². The van der Waals surface area contributed by atoms with Gasteiger partial charge in [-0.25, -0.2) is 0 Å². The van der Waals surface area contributed by atoms with Crippen molar-refractivity contribution in [2.75, 3.05) is 0 Å². The Balaban J connectivity index is 0. The van der Waals surface area contributed by atoms with Crippen molar-refractivity contribution in [3.63, 3.8) is 0 Å². The number of amides is 1. The Morgan fingerprint density at radius 3 is 2.40 bits per heavy atom. The van der Waals surface area contributed by atoms with E-state index in [9.17, 15) is 4.79 Å². The van der Waals surface area contributed by atoms with E-state index in [-0.39, 0.29) is 13.3 Å². The van der Waals surface area contributed by atoms with Gasteiger partial charge < -0.3 is 5.73 Å². The molecule has 0 radical (unpaired) electrons. The first-order valence-corrected chi connectivity index (χ1v) is 3.67.